The summed E-state index contributed by atoms with van der Waals surface area (Å²) in [6.07, 6.45) is 0.823. The molecular weight excluding hydrogens is 388 g/mol. The molecule has 0 N–H and O–H groups in total. The van der Waals surface area contributed by atoms with Gasteiger partial charge in [0, 0.05) is 38.3 Å². The van der Waals surface area contributed by atoms with Crippen LogP contribution in [-0.2, 0) is 16.6 Å². The third-order valence-electron chi connectivity index (χ3n) is 4.45. The summed E-state index contributed by atoms with van der Waals surface area (Å²) >= 11 is 0. The minimum Gasteiger partial charge on any atom is -0.296 e. The summed E-state index contributed by atoms with van der Waals surface area (Å²) in [5.74, 6) is -1.84. The summed E-state index contributed by atoms with van der Waals surface area (Å²) in [5, 5.41) is 3.53. The van der Waals surface area contributed by atoms with E-state index in [-0.39, 0.29) is 35.8 Å². The van der Waals surface area contributed by atoms with Crippen molar-refractivity contribution in [1.82, 2.24) is 19.0 Å². The standard InChI is InChI=1S/C16H18F4N4O2S/c1-11-14(10-24(21-11)16(19)20)27(25,26)23-7-5-22(6-8-23)9-12-3-2-4-13(17)15(12)18/h2-4,10,16H,5-9H2,1H3. The van der Waals surface area contributed by atoms with Crippen molar-refractivity contribution in [1.29, 1.82) is 0 Å². The van der Waals surface area contributed by atoms with Crippen molar-refractivity contribution < 1.29 is 26.0 Å². The molecule has 3 rings (SSSR count). The number of aryl methyl sites for hydroxylation is 1. The van der Waals surface area contributed by atoms with Gasteiger partial charge in [-0.05, 0) is 13.0 Å². The number of hydrogen-bond donors (Lipinski definition) is 0. The van der Waals surface area contributed by atoms with Gasteiger partial charge in [0.25, 0.3) is 0 Å². The molecule has 0 amide bonds. The molecule has 1 aliphatic heterocycles. The molecule has 1 fully saturated rings. The quantitative estimate of drug-likeness (QED) is 0.716. The Morgan fingerprint density at radius 2 is 1.81 bits per heavy atom. The fourth-order valence-electron chi connectivity index (χ4n) is 3.00. The third-order valence-corrected chi connectivity index (χ3v) is 6.45. The number of halogens is 4. The van der Waals surface area contributed by atoms with Gasteiger partial charge in [-0.2, -0.15) is 18.2 Å². The number of hydrogen-bond acceptors (Lipinski definition) is 4. The molecule has 1 saturated heterocycles. The zero-order valence-electron chi connectivity index (χ0n) is 14.4. The van der Waals surface area contributed by atoms with E-state index in [1.54, 1.807) is 4.90 Å². The fraction of sp³-hybridized carbons (Fsp3) is 0.438. The Hall–Kier alpha value is -1.98. The van der Waals surface area contributed by atoms with Crippen LogP contribution in [0, 0.1) is 18.6 Å². The summed E-state index contributed by atoms with van der Waals surface area (Å²) in [5.41, 5.74) is 0.194. The van der Waals surface area contributed by atoms with E-state index in [1.807, 2.05) is 0 Å². The molecule has 0 unspecified atom stereocenters. The summed E-state index contributed by atoms with van der Waals surface area (Å²) in [6, 6.07) is 3.92. The fourth-order valence-corrected chi connectivity index (χ4v) is 4.57. The van der Waals surface area contributed by atoms with Crippen LogP contribution in [0.5, 0.6) is 0 Å². The average molecular weight is 406 g/mol. The monoisotopic (exact) mass is 406 g/mol. The van der Waals surface area contributed by atoms with Crippen LogP contribution in [0.1, 0.15) is 17.8 Å². The first-order valence-corrected chi connectivity index (χ1v) is 9.63. The lowest BCUT2D eigenvalue weighted by Gasteiger charge is -2.33. The number of aromatic nitrogens is 2. The highest BCUT2D eigenvalue weighted by atomic mass is 32.2. The molecule has 2 aromatic rings. The highest BCUT2D eigenvalue weighted by Crippen LogP contribution is 2.23. The van der Waals surface area contributed by atoms with Crippen molar-refractivity contribution in [2.75, 3.05) is 26.2 Å². The average Bonchev–Trinajstić information content (AvgIpc) is 3.02. The Kier molecular flexibility index (Phi) is 5.54. The van der Waals surface area contributed by atoms with Crippen LogP contribution in [0.4, 0.5) is 17.6 Å². The van der Waals surface area contributed by atoms with Crippen LogP contribution in [0.2, 0.25) is 0 Å². The van der Waals surface area contributed by atoms with Crippen LogP contribution in [0.3, 0.4) is 0 Å². The lowest BCUT2D eigenvalue weighted by molar-refractivity contribution is 0.0561. The Morgan fingerprint density at radius 1 is 1.15 bits per heavy atom. The molecule has 0 bridgehead atoms. The maximum Gasteiger partial charge on any atom is 0.333 e. The number of alkyl halides is 2. The summed E-state index contributed by atoms with van der Waals surface area (Å²) in [4.78, 5) is 1.55. The molecule has 1 aromatic carbocycles. The summed E-state index contributed by atoms with van der Waals surface area (Å²) in [7, 11) is -3.96. The molecular formula is C16H18F4N4O2S. The SMILES string of the molecule is Cc1nn(C(F)F)cc1S(=O)(=O)N1CCN(Cc2cccc(F)c2F)CC1. The van der Waals surface area contributed by atoms with Gasteiger partial charge in [0.05, 0.1) is 11.9 Å². The van der Waals surface area contributed by atoms with E-state index in [2.05, 4.69) is 5.10 Å². The van der Waals surface area contributed by atoms with E-state index >= 15 is 0 Å². The smallest absolute Gasteiger partial charge is 0.296 e. The zero-order valence-corrected chi connectivity index (χ0v) is 15.3. The van der Waals surface area contributed by atoms with Gasteiger partial charge in [-0.3, -0.25) is 4.90 Å². The van der Waals surface area contributed by atoms with E-state index in [1.165, 1.54) is 23.4 Å². The van der Waals surface area contributed by atoms with Gasteiger partial charge in [0.2, 0.25) is 10.0 Å². The predicted octanol–water partition coefficient (Wildman–Crippen LogP) is 2.37. The first-order chi connectivity index (χ1) is 12.7. The minimum absolute atomic E-state index is 0.000406. The number of piperazine rings is 1. The first kappa shape index (κ1) is 19.8. The van der Waals surface area contributed by atoms with Crippen LogP contribution in [0.25, 0.3) is 0 Å². The molecule has 0 spiro atoms. The third kappa shape index (κ3) is 3.99. The molecule has 27 heavy (non-hydrogen) atoms. The predicted molar refractivity (Wildman–Crippen MR) is 88.6 cm³/mol. The number of nitrogens with zero attached hydrogens (tertiary/aromatic N) is 4. The van der Waals surface area contributed by atoms with Gasteiger partial charge in [-0.15, -0.1) is 0 Å². The summed E-state index contributed by atoms with van der Waals surface area (Å²) in [6.45, 7) is -0.592. The second-order valence-electron chi connectivity index (χ2n) is 6.23. The lowest BCUT2D eigenvalue weighted by atomic mass is 10.2. The van der Waals surface area contributed by atoms with E-state index in [9.17, 15) is 26.0 Å². The molecule has 2 heterocycles. The normalized spacial score (nSPS) is 17.0. The molecule has 6 nitrogen and oxygen atoms in total. The van der Waals surface area contributed by atoms with Gasteiger partial charge in [-0.25, -0.2) is 21.9 Å². The van der Waals surface area contributed by atoms with Crippen molar-refractivity contribution in [3.63, 3.8) is 0 Å². The minimum atomic E-state index is -3.96. The van der Waals surface area contributed by atoms with Crippen LogP contribution in [0.15, 0.2) is 29.3 Å². The topological polar surface area (TPSA) is 58.4 Å². The maximum absolute atomic E-state index is 13.8. The molecule has 1 aliphatic rings. The highest BCUT2D eigenvalue weighted by Gasteiger charge is 2.32. The van der Waals surface area contributed by atoms with Gasteiger partial charge >= 0.3 is 6.55 Å². The van der Waals surface area contributed by atoms with Crippen molar-refractivity contribution in [3.8, 4) is 0 Å². The molecule has 0 atom stereocenters. The molecule has 0 saturated carbocycles. The van der Waals surface area contributed by atoms with Crippen LogP contribution < -0.4 is 0 Å². The second kappa shape index (κ2) is 7.56. The van der Waals surface area contributed by atoms with Crippen molar-refractivity contribution in [2.45, 2.75) is 24.9 Å². The zero-order chi connectivity index (χ0) is 19.8. The van der Waals surface area contributed by atoms with Crippen molar-refractivity contribution in [2.24, 2.45) is 0 Å². The van der Waals surface area contributed by atoms with E-state index in [0.717, 1.165) is 12.3 Å². The Labute approximate surface area is 154 Å². The number of rotatable bonds is 5. The lowest BCUT2D eigenvalue weighted by Crippen LogP contribution is -2.48. The van der Waals surface area contributed by atoms with Gasteiger partial charge < -0.3 is 0 Å². The van der Waals surface area contributed by atoms with Crippen LogP contribution >= 0.6 is 0 Å². The molecule has 148 valence electrons. The Balaban J connectivity index is 1.69. The van der Waals surface area contributed by atoms with E-state index in [0.29, 0.717) is 17.8 Å². The molecule has 11 heteroatoms. The van der Waals surface area contributed by atoms with Gasteiger partial charge in [-0.1, -0.05) is 12.1 Å². The molecule has 0 aliphatic carbocycles. The largest absolute Gasteiger partial charge is 0.333 e. The van der Waals surface area contributed by atoms with Crippen molar-refractivity contribution in [3.05, 3.63) is 47.3 Å². The second-order valence-corrected chi connectivity index (χ2v) is 8.14. The number of sulfonamides is 1. The molecule has 1 aromatic heterocycles. The first-order valence-electron chi connectivity index (χ1n) is 8.19. The van der Waals surface area contributed by atoms with Gasteiger partial charge in [0.1, 0.15) is 4.90 Å². The summed E-state index contributed by atoms with van der Waals surface area (Å²) < 4.78 is 79.5. The Bertz CT molecular complexity index is 924. The highest BCUT2D eigenvalue weighted by molar-refractivity contribution is 7.89. The Morgan fingerprint density at radius 3 is 2.41 bits per heavy atom. The van der Waals surface area contributed by atoms with E-state index in [4.69, 9.17) is 0 Å². The van der Waals surface area contributed by atoms with Crippen LogP contribution in [-0.4, -0.2) is 53.6 Å². The molecule has 0 radical (unpaired) electrons. The number of benzene rings is 1. The van der Waals surface area contributed by atoms with E-state index < -0.39 is 28.2 Å². The maximum atomic E-state index is 13.8. The van der Waals surface area contributed by atoms with Crippen molar-refractivity contribution >= 4 is 10.0 Å². The van der Waals surface area contributed by atoms with Gasteiger partial charge in [0.15, 0.2) is 11.6 Å².